The van der Waals surface area contributed by atoms with Crippen molar-refractivity contribution in [3.05, 3.63) is 71.3 Å². The molecule has 0 spiro atoms. The molecule has 0 bridgehead atoms. The molecule has 0 unspecified atom stereocenters. The van der Waals surface area contributed by atoms with Crippen LogP contribution in [0.25, 0.3) is 10.8 Å². The Bertz CT molecular complexity index is 1040. The maximum atomic E-state index is 12.0. The third-order valence-electron chi connectivity index (χ3n) is 3.99. The van der Waals surface area contributed by atoms with Crippen molar-refractivity contribution >= 4 is 34.5 Å². The van der Waals surface area contributed by atoms with E-state index >= 15 is 0 Å². The lowest BCUT2D eigenvalue weighted by Gasteiger charge is -2.07. The SMILES string of the molecule is Cc1cc(C)cc(NC(=O)C(=O)N/N=C\c2c(O)ccc3ccccc23)c1. The molecule has 3 N–H and O–H groups in total. The first kappa shape index (κ1) is 18.1. The fourth-order valence-corrected chi connectivity index (χ4v) is 2.86. The molecule has 0 aliphatic rings. The van der Waals surface area contributed by atoms with Crippen molar-refractivity contribution < 1.29 is 14.7 Å². The number of hydrogen-bond acceptors (Lipinski definition) is 4. The van der Waals surface area contributed by atoms with Gasteiger partial charge in [-0.05, 0) is 53.9 Å². The van der Waals surface area contributed by atoms with Crippen molar-refractivity contribution in [2.24, 2.45) is 5.10 Å². The molecule has 0 aromatic heterocycles. The van der Waals surface area contributed by atoms with Gasteiger partial charge in [0.2, 0.25) is 0 Å². The number of phenolic OH excluding ortho intramolecular Hbond substituents is 1. The van der Waals surface area contributed by atoms with Gasteiger partial charge in [0.25, 0.3) is 0 Å². The molecule has 0 aliphatic heterocycles. The first-order valence-electron chi connectivity index (χ1n) is 8.37. The predicted molar refractivity (Wildman–Crippen MR) is 106 cm³/mol. The van der Waals surface area contributed by atoms with Crippen LogP contribution in [0.3, 0.4) is 0 Å². The number of anilines is 1. The largest absolute Gasteiger partial charge is 0.507 e. The molecule has 6 heteroatoms. The molecule has 27 heavy (non-hydrogen) atoms. The molecular weight excluding hydrogens is 342 g/mol. The van der Waals surface area contributed by atoms with E-state index in [2.05, 4.69) is 15.8 Å². The molecule has 136 valence electrons. The Labute approximate surface area is 156 Å². The van der Waals surface area contributed by atoms with Crippen molar-refractivity contribution in [3.63, 3.8) is 0 Å². The summed E-state index contributed by atoms with van der Waals surface area (Å²) in [7, 11) is 0. The molecule has 0 heterocycles. The van der Waals surface area contributed by atoms with Crippen LogP contribution in [0.5, 0.6) is 5.75 Å². The van der Waals surface area contributed by atoms with Crippen molar-refractivity contribution in [2.45, 2.75) is 13.8 Å². The normalized spacial score (nSPS) is 10.9. The first-order valence-corrected chi connectivity index (χ1v) is 8.37. The van der Waals surface area contributed by atoms with Gasteiger partial charge in [0.05, 0.1) is 6.21 Å². The molecule has 2 amide bonds. The van der Waals surface area contributed by atoms with Gasteiger partial charge >= 0.3 is 11.8 Å². The molecule has 3 aromatic rings. The van der Waals surface area contributed by atoms with E-state index in [1.165, 1.54) is 6.21 Å². The molecule has 3 aromatic carbocycles. The van der Waals surface area contributed by atoms with E-state index in [0.717, 1.165) is 21.9 Å². The second-order valence-electron chi connectivity index (χ2n) is 6.25. The van der Waals surface area contributed by atoms with Crippen LogP contribution >= 0.6 is 0 Å². The zero-order chi connectivity index (χ0) is 19.4. The van der Waals surface area contributed by atoms with Crippen LogP contribution in [0.2, 0.25) is 0 Å². The lowest BCUT2D eigenvalue weighted by Crippen LogP contribution is -2.32. The van der Waals surface area contributed by atoms with Crippen LogP contribution in [-0.4, -0.2) is 23.1 Å². The molecule has 0 aliphatic carbocycles. The maximum absolute atomic E-state index is 12.0. The zero-order valence-corrected chi connectivity index (χ0v) is 15.0. The Balaban J connectivity index is 1.70. The number of benzene rings is 3. The molecule has 0 radical (unpaired) electrons. The quantitative estimate of drug-likeness (QED) is 0.380. The number of phenols is 1. The molecule has 0 fully saturated rings. The lowest BCUT2D eigenvalue weighted by atomic mass is 10.0. The topological polar surface area (TPSA) is 90.8 Å². The van der Waals surface area contributed by atoms with Crippen molar-refractivity contribution in [3.8, 4) is 5.75 Å². The van der Waals surface area contributed by atoms with Crippen molar-refractivity contribution in [1.29, 1.82) is 0 Å². The molecule has 0 saturated heterocycles. The van der Waals surface area contributed by atoms with E-state index in [0.29, 0.717) is 11.3 Å². The number of hydrazone groups is 1. The Hall–Kier alpha value is -3.67. The number of carbonyl (C=O) groups excluding carboxylic acids is 2. The molecular formula is C21H19N3O3. The summed E-state index contributed by atoms with van der Waals surface area (Å²) in [6.07, 6.45) is 1.32. The molecule has 0 saturated carbocycles. The maximum Gasteiger partial charge on any atom is 0.329 e. The van der Waals surface area contributed by atoms with Crippen LogP contribution in [-0.2, 0) is 9.59 Å². The fourth-order valence-electron chi connectivity index (χ4n) is 2.86. The van der Waals surface area contributed by atoms with E-state index in [4.69, 9.17) is 0 Å². The summed E-state index contributed by atoms with van der Waals surface area (Å²) in [5.74, 6) is -1.68. The summed E-state index contributed by atoms with van der Waals surface area (Å²) in [5.41, 5.74) is 5.15. The molecule has 3 rings (SSSR count). The summed E-state index contributed by atoms with van der Waals surface area (Å²) in [6.45, 7) is 3.81. The summed E-state index contributed by atoms with van der Waals surface area (Å²) < 4.78 is 0. The number of aryl methyl sites for hydroxylation is 2. The number of fused-ring (bicyclic) bond motifs is 1. The zero-order valence-electron chi connectivity index (χ0n) is 15.0. The van der Waals surface area contributed by atoms with Crippen LogP contribution in [0.4, 0.5) is 5.69 Å². The molecule has 6 nitrogen and oxygen atoms in total. The average molecular weight is 361 g/mol. The van der Waals surface area contributed by atoms with Crippen molar-refractivity contribution in [2.75, 3.05) is 5.32 Å². The minimum atomic E-state index is -0.898. The van der Waals surface area contributed by atoms with Gasteiger partial charge in [-0.2, -0.15) is 5.10 Å². The van der Waals surface area contributed by atoms with E-state index in [-0.39, 0.29) is 5.75 Å². The van der Waals surface area contributed by atoms with Gasteiger partial charge < -0.3 is 10.4 Å². The average Bonchev–Trinajstić information content (AvgIpc) is 2.62. The highest BCUT2D eigenvalue weighted by molar-refractivity contribution is 6.39. The summed E-state index contributed by atoms with van der Waals surface area (Å²) in [4.78, 5) is 24.0. The summed E-state index contributed by atoms with van der Waals surface area (Å²) >= 11 is 0. The molecule has 0 atom stereocenters. The van der Waals surface area contributed by atoms with Gasteiger partial charge in [-0.25, -0.2) is 5.43 Å². The minimum absolute atomic E-state index is 0.0337. The van der Waals surface area contributed by atoms with Crippen LogP contribution in [0.15, 0.2) is 59.7 Å². The number of nitrogens with zero attached hydrogens (tertiary/aromatic N) is 1. The second kappa shape index (κ2) is 7.70. The van der Waals surface area contributed by atoms with Crippen LogP contribution in [0.1, 0.15) is 16.7 Å². The summed E-state index contributed by atoms with van der Waals surface area (Å²) in [5, 5.41) is 18.1. The highest BCUT2D eigenvalue weighted by Gasteiger charge is 2.13. The van der Waals surface area contributed by atoms with Gasteiger partial charge in [0, 0.05) is 11.3 Å². The van der Waals surface area contributed by atoms with Crippen LogP contribution in [0, 0.1) is 13.8 Å². The van der Waals surface area contributed by atoms with Gasteiger partial charge in [-0.15, -0.1) is 0 Å². The first-order chi connectivity index (χ1) is 12.9. The van der Waals surface area contributed by atoms with E-state index in [9.17, 15) is 14.7 Å². The number of rotatable bonds is 3. The smallest absolute Gasteiger partial charge is 0.329 e. The monoisotopic (exact) mass is 361 g/mol. The standard InChI is InChI=1S/C21H19N3O3/c1-13-9-14(2)11-16(10-13)23-20(26)21(27)24-22-12-18-17-6-4-3-5-15(17)7-8-19(18)25/h3-12,25H,1-2H3,(H,23,26)(H,24,27)/b22-12-. The van der Waals surface area contributed by atoms with Gasteiger partial charge in [0.1, 0.15) is 5.75 Å². The van der Waals surface area contributed by atoms with Gasteiger partial charge in [-0.1, -0.05) is 36.4 Å². The number of carbonyl (C=O) groups is 2. The number of aromatic hydroxyl groups is 1. The third-order valence-corrected chi connectivity index (χ3v) is 3.99. The van der Waals surface area contributed by atoms with Crippen molar-refractivity contribution in [1.82, 2.24) is 5.43 Å². The van der Waals surface area contributed by atoms with Crippen LogP contribution < -0.4 is 10.7 Å². The number of nitrogens with one attached hydrogen (secondary N) is 2. The number of amides is 2. The minimum Gasteiger partial charge on any atom is -0.507 e. The van der Waals surface area contributed by atoms with E-state index < -0.39 is 11.8 Å². The summed E-state index contributed by atoms with van der Waals surface area (Å²) in [6, 6.07) is 16.3. The second-order valence-corrected chi connectivity index (χ2v) is 6.25. The lowest BCUT2D eigenvalue weighted by molar-refractivity contribution is -0.136. The van der Waals surface area contributed by atoms with Gasteiger partial charge in [0.15, 0.2) is 0 Å². The predicted octanol–water partition coefficient (Wildman–Crippen LogP) is 3.25. The van der Waals surface area contributed by atoms with Gasteiger partial charge in [-0.3, -0.25) is 9.59 Å². The fraction of sp³-hybridized carbons (Fsp3) is 0.0952. The number of hydrogen-bond donors (Lipinski definition) is 3. The Morgan fingerprint density at radius 1 is 0.963 bits per heavy atom. The third kappa shape index (κ3) is 4.30. The Morgan fingerprint density at radius 3 is 2.41 bits per heavy atom. The Kier molecular flexibility index (Phi) is 5.17. The van der Waals surface area contributed by atoms with E-state index in [1.54, 1.807) is 24.3 Å². The highest BCUT2D eigenvalue weighted by Crippen LogP contribution is 2.25. The highest BCUT2D eigenvalue weighted by atomic mass is 16.3. The van der Waals surface area contributed by atoms with E-state index in [1.807, 2.05) is 44.2 Å². The Morgan fingerprint density at radius 2 is 1.67 bits per heavy atom.